The van der Waals surface area contributed by atoms with E-state index in [1.54, 1.807) is 11.3 Å². The number of benzene rings is 1. The molecule has 100 valence electrons. The number of nitrogens with zero attached hydrogens (tertiary/aromatic N) is 2. The van der Waals surface area contributed by atoms with Crippen LogP contribution in [-0.4, -0.2) is 35.1 Å². The highest BCUT2D eigenvalue weighted by Crippen LogP contribution is 2.36. The lowest BCUT2D eigenvalue weighted by Crippen LogP contribution is -2.33. The van der Waals surface area contributed by atoms with Crippen LogP contribution in [0.2, 0.25) is 5.02 Å². The molecule has 2 unspecified atom stereocenters. The zero-order valence-corrected chi connectivity index (χ0v) is 12.2. The van der Waals surface area contributed by atoms with Crippen LogP contribution in [0.1, 0.15) is 19.3 Å². The number of anilines is 1. The number of rotatable bonds is 2. The average molecular weight is 294 g/mol. The van der Waals surface area contributed by atoms with Crippen LogP contribution in [0, 0.1) is 0 Å². The Morgan fingerprint density at radius 1 is 1.32 bits per heavy atom. The van der Waals surface area contributed by atoms with Gasteiger partial charge in [-0.1, -0.05) is 11.6 Å². The minimum absolute atomic E-state index is 0.521. The lowest BCUT2D eigenvalue weighted by Gasteiger charge is -2.23. The molecule has 0 bridgehead atoms. The molecule has 2 fully saturated rings. The summed E-state index contributed by atoms with van der Waals surface area (Å²) >= 11 is 8.04. The summed E-state index contributed by atoms with van der Waals surface area (Å²) in [5.74, 6) is 0. The second kappa shape index (κ2) is 4.62. The van der Waals surface area contributed by atoms with Gasteiger partial charge in [0.05, 0.1) is 20.9 Å². The van der Waals surface area contributed by atoms with E-state index in [9.17, 15) is 0 Å². The van der Waals surface area contributed by atoms with E-state index in [0.717, 1.165) is 16.2 Å². The van der Waals surface area contributed by atoms with Crippen LogP contribution in [0.4, 0.5) is 5.69 Å². The van der Waals surface area contributed by atoms with Gasteiger partial charge in [-0.15, -0.1) is 11.3 Å². The molecule has 0 spiro atoms. The smallest absolute Gasteiger partial charge is 0.106 e. The van der Waals surface area contributed by atoms with Gasteiger partial charge in [0.15, 0.2) is 0 Å². The first-order chi connectivity index (χ1) is 9.33. The lowest BCUT2D eigenvalue weighted by molar-refractivity contribution is 0.318. The van der Waals surface area contributed by atoms with E-state index < -0.39 is 0 Å². The molecule has 1 aromatic carbocycles. The number of aromatic nitrogens is 1. The Bertz CT molecular complexity index is 612. The largest absolute Gasteiger partial charge is 0.378 e. The molecule has 0 saturated carbocycles. The molecule has 1 N–H and O–H groups in total. The van der Waals surface area contributed by atoms with Crippen molar-refractivity contribution in [2.24, 2.45) is 0 Å². The third kappa shape index (κ3) is 1.93. The van der Waals surface area contributed by atoms with Gasteiger partial charge in [0, 0.05) is 18.6 Å². The van der Waals surface area contributed by atoms with Crippen molar-refractivity contribution in [2.75, 3.05) is 18.4 Å². The molecule has 2 aliphatic rings. The van der Waals surface area contributed by atoms with Crippen molar-refractivity contribution in [3.05, 3.63) is 22.7 Å². The quantitative estimate of drug-likeness (QED) is 0.917. The monoisotopic (exact) mass is 293 g/mol. The molecule has 19 heavy (non-hydrogen) atoms. The highest BCUT2D eigenvalue weighted by molar-refractivity contribution is 7.16. The van der Waals surface area contributed by atoms with Crippen LogP contribution in [0.3, 0.4) is 0 Å². The standard InChI is InChI=1S/C14H16ClN3S/c15-9-3-4-12-14(16-8-19-12)13(9)17-10-5-7-18-6-1-2-11(10)18/h3-4,8,10-11,17H,1-2,5-7H2. The highest BCUT2D eigenvalue weighted by Gasteiger charge is 2.37. The summed E-state index contributed by atoms with van der Waals surface area (Å²) < 4.78 is 1.20. The van der Waals surface area contributed by atoms with Gasteiger partial charge in [-0.25, -0.2) is 4.98 Å². The molecule has 0 aliphatic carbocycles. The predicted octanol–water partition coefficient (Wildman–Crippen LogP) is 3.60. The lowest BCUT2D eigenvalue weighted by atomic mass is 10.1. The molecule has 0 radical (unpaired) electrons. The van der Waals surface area contributed by atoms with Gasteiger partial charge < -0.3 is 5.32 Å². The fraction of sp³-hybridized carbons (Fsp3) is 0.500. The van der Waals surface area contributed by atoms with Crippen LogP contribution in [0.25, 0.3) is 10.2 Å². The van der Waals surface area contributed by atoms with E-state index in [1.807, 2.05) is 11.6 Å². The van der Waals surface area contributed by atoms with Gasteiger partial charge in [-0.05, 0) is 37.9 Å². The number of hydrogen-bond acceptors (Lipinski definition) is 4. The van der Waals surface area contributed by atoms with E-state index in [2.05, 4.69) is 21.3 Å². The molecule has 1 aromatic heterocycles. The molecule has 2 saturated heterocycles. The van der Waals surface area contributed by atoms with E-state index in [4.69, 9.17) is 11.6 Å². The van der Waals surface area contributed by atoms with Gasteiger partial charge in [0.2, 0.25) is 0 Å². The Hall–Kier alpha value is -0.840. The third-order valence-electron chi connectivity index (χ3n) is 4.39. The summed E-state index contributed by atoms with van der Waals surface area (Å²) in [4.78, 5) is 7.07. The van der Waals surface area contributed by atoms with Gasteiger partial charge in [-0.2, -0.15) is 0 Å². The summed E-state index contributed by atoms with van der Waals surface area (Å²) in [6.07, 6.45) is 3.85. The summed E-state index contributed by atoms with van der Waals surface area (Å²) in [7, 11) is 0. The topological polar surface area (TPSA) is 28.2 Å². The summed E-state index contributed by atoms with van der Waals surface area (Å²) in [5, 5.41) is 4.47. The molecular weight excluding hydrogens is 278 g/mol. The van der Waals surface area contributed by atoms with Gasteiger partial charge in [0.25, 0.3) is 0 Å². The molecule has 3 heterocycles. The molecule has 2 aromatic rings. The minimum Gasteiger partial charge on any atom is -0.378 e. The van der Waals surface area contributed by atoms with Crippen LogP contribution < -0.4 is 5.32 Å². The van der Waals surface area contributed by atoms with E-state index in [1.165, 1.54) is 37.1 Å². The maximum absolute atomic E-state index is 6.37. The zero-order chi connectivity index (χ0) is 12.8. The number of thiazole rings is 1. The average Bonchev–Trinajstić information content (AvgIpc) is 3.10. The summed E-state index contributed by atoms with van der Waals surface area (Å²) in [5.41, 5.74) is 3.94. The Balaban J connectivity index is 1.67. The first-order valence-electron chi connectivity index (χ1n) is 6.85. The fourth-order valence-electron chi connectivity index (χ4n) is 3.48. The minimum atomic E-state index is 0.521. The highest BCUT2D eigenvalue weighted by atomic mass is 35.5. The first-order valence-corrected chi connectivity index (χ1v) is 8.11. The first kappa shape index (κ1) is 11.9. The van der Waals surface area contributed by atoms with E-state index >= 15 is 0 Å². The van der Waals surface area contributed by atoms with Gasteiger partial charge in [-0.3, -0.25) is 4.90 Å². The van der Waals surface area contributed by atoms with Crippen LogP contribution in [0.15, 0.2) is 17.6 Å². The molecule has 5 heteroatoms. The number of nitrogens with one attached hydrogen (secondary N) is 1. The Morgan fingerprint density at radius 2 is 2.26 bits per heavy atom. The second-order valence-corrected chi connectivity index (χ2v) is 6.70. The molecular formula is C14H16ClN3S. The fourth-order valence-corrected chi connectivity index (χ4v) is 4.37. The molecule has 3 nitrogen and oxygen atoms in total. The Kier molecular flexibility index (Phi) is 2.90. The third-order valence-corrected chi connectivity index (χ3v) is 5.50. The Labute approximate surface area is 121 Å². The summed E-state index contributed by atoms with van der Waals surface area (Å²) in [6.45, 7) is 2.48. The zero-order valence-electron chi connectivity index (χ0n) is 10.6. The second-order valence-electron chi connectivity index (χ2n) is 5.41. The molecule has 2 atom stereocenters. The van der Waals surface area contributed by atoms with Crippen molar-refractivity contribution >= 4 is 38.8 Å². The van der Waals surface area contributed by atoms with Crippen molar-refractivity contribution < 1.29 is 0 Å². The van der Waals surface area contributed by atoms with E-state index in [0.29, 0.717) is 12.1 Å². The maximum atomic E-state index is 6.37. The van der Waals surface area contributed by atoms with Crippen molar-refractivity contribution in [1.29, 1.82) is 0 Å². The van der Waals surface area contributed by atoms with Crippen molar-refractivity contribution in [3.8, 4) is 0 Å². The van der Waals surface area contributed by atoms with Crippen molar-refractivity contribution in [1.82, 2.24) is 9.88 Å². The molecule has 4 rings (SSSR count). The Morgan fingerprint density at radius 3 is 3.21 bits per heavy atom. The van der Waals surface area contributed by atoms with E-state index in [-0.39, 0.29) is 0 Å². The summed E-state index contributed by atoms with van der Waals surface area (Å²) in [6, 6.07) is 5.24. The predicted molar refractivity (Wildman–Crippen MR) is 81.3 cm³/mol. The van der Waals surface area contributed by atoms with Gasteiger partial charge >= 0.3 is 0 Å². The number of halogens is 1. The van der Waals surface area contributed by atoms with Crippen molar-refractivity contribution in [2.45, 2.75) is 31.3 Å². The maximum Gasteiger partial charge on any atom is 0.106 e. The van der Waals surface area contributed by atoms with Gasteiger partial charge in [0.1, 0.15) is 5.52 Å². The molecule has 0 amide bonds. The SMILES string of the molecule is Clc1ccc2scnc2c1NC1CCN2CCCC12. The van der Waals surface area contributed by atoms with Crippen LogP contribution in [0.5, 0.6) is 0 Å². The number of hydrogen-bond donors (Lipinski definition) is 1. The van der Waals surface area contributed by atoms with Crippen molar-refractivity contribution in [3.63, 3.8) is 0 Å². The van der Waals surface area contributed by atoms with Crippen LogP contribution >= 0.6 is 22.9 Å². The number of fused-ring (bicyclic) bond motifs is 2. The molecule has 2 aliphatic heterocycles. The van der Waals surface area contributed by atoms with Crippen LogP contribution in [-0.2, 0) is 0 Å². The normalized spacial score (nSPS) is 27.0.